The molecule has 7 heteroatoms. The minimum absolute atomic E-state index is 0.369. The molecule has 0 aliphatic rings. The average Bonchev–Trinajstić information content (AvgIpc) is 2.54. The number of rotatable bonds is 9. The minimum atomic E-state index is -0.369. The summed E-state index contributed by atoms with van der Waals surface area (Å²) in [6, 6.07) is 3.67. The Balaban J connectivity index is 2.39. The fourth-order valence-electron chi connectivity index (χ4n) is 2.11. The lowest BCUT2D eigenvalue weighted by Crippen LogP contribution is -2.23. The highest BCUT2D eigenvalue weighted by Gasteiger charge is 2.18. The van der Waals surface area contributed by atoms with E-state index >= 15 is 0 Å². The zero-order valence-corrected chi connectivity index (χ0v) is 15.5. The second-order valence-corrected chi connectivity index (χ2v) is 6.39. The van der Waals surface area contributed by atoms with E-state index < -0.39 is 0 Å². The first-order valence-corrected chi connectivity index (χ1v) is 8.16. The molecule has 1 aromatic heterocycles. The SMILES string of the molecule is COCCOc1cc2ncnc(OC(C)(C)C)c2cc1OCCOC. The molecule has 0 radical (unpaired) electrons. The fraction of sp³-hybridized carbons (Fsp3) is 0.556. The van der Waals surface area contributed by atoms with Gasteiger partial charge in [0.2, 0.25) is 5.88 Å². The van der Waals surface area contributed by atoms with Gasteiger partial charge in [-0.3, -0.25) is 0 Å². The molecule has 2 rings (SSSR count). The van der Waals surface area contributed by atoms with Gasteiger partial charge in [-0.2, -0.15) is 0 Å². The number of hydrogen-bond acceptors (Lipinski definition) is 7. The Kier molecular flexibility index (Phi) is 6.78. The molecule has 7 nitrogen and oxygen atoms in total. The third-order valence-electron chi connectivity index (χ3n) is 3.16. The minimum Gasteiger partial charge on any atom is -0.487 e. The van der Waals surface area contributed by atoms with Crippen LogP contribution in [0, 0.1) is 0 Å². The monoisotopic (exact) mass is 350 g/mol. The quantitative estimate of drug-likeness (QED) is 0.644. The third kappa shape index (κ3) is 5.72. The first kappa shape index (κ1) is 19.2. The van der Waals surface area contributed by atoms with E-state index in [1.165, 1.54) is 6.33 Å². The first-order chi connectivity index (χ1) is 11.9. The summed E-state index contributed by atoms with van der Waals surface area (Å²) in [6.07, 6.45) is 1.48. The molecule has 0 aliphatic heterocycles. The second kappa shape index (κ2) is 8.82. The molecule has 0 aliphatic carbocycles. The predicted octanol–water partition coefficient (Wildman–Crippen LogP) is 2.86. The van der Waals surface area contributed by atoms with Crippen LogP contribution in [0.25, 0.3) is 10.9 Å². The molecule has 0 bridgehead atoms. The lowest BCUT2D eigenvalue weighted by atomic mass is 10.2. The molecular formula is C18H26N2O5. The van der Waals surface area contributed by atoms with E-state index in [0.29, 0.717) is 43.8 Å². The number of nitrogens with zero attached hydrogens (tertiary/aromatic N) is 2. The van der Waals surface area contributed by atoms with E-state index in [1.54, 1.807) is 14.2 Å². The maximum absolute atomic E-state index is 5.94. The van der Waals surface area contributed by atoms with Crippen molar-refractivity contribution in [1.29, 1.82) is 0 Å². The van der Waals surface area contributed by atoms with Crippen molar-refractivity contribution in [1.82, 2.24) is 9.97 Å². The Hall–Kier alpha value is -2.12. The van der Waals surface area contributed by atoms with Crippen LogP contribution in [-0.2, 0) is 9.47 Å². The second-order valence-electron chi connectivity index (χ2n) is 6.39. The molecule has 0 saturated carbocycles. The lowest BCUT2D eigenvalue weighted by Gasteiger charge is -2.21. The lowest BCUT2D eigenvalue weighted by molar-refractivity contribution is 0.126. The molecule has 138 valence electrons. The van der Waals surface area contributed by atoms with Gasteiger partial charge in [-0.25, -0.2) is 9.97 Å². The van der Waals surface area contributed by atoms with Crippen LogP contribution < -0.4 is 14.2 Å². The van der Waals surface area contributed by atoms with Gasteiger partial charge in [0.25, 0.3) is 0 Å². The number of fused-ring (bicyclic) bond motifs is 1. The number of hydrogen-bond donors (Lipinski definition) is 0. The van der Waals surface area contributed by atoms with E-state index in [2.05, 4.69) is 9.97 Å². The standard InChI is InChI=1S/C18H26N2O5/c1-18(2,3)25-17-13-10-15(23-8-6-21-4)16(24-9-7-22-5)11-14(13)19-12-20-17/h10-12H,6-9H2,1-5H3. The Morgan fingerprint density at radius 1 is 0.840 bits per heavy atom. The van der Waals surface area contributed by atoms with Crippen LogP contribution in [0.5, 0.6) is 17.4 Å². The van der Waals surface area contributed by atoms with Crippen molar-refractivity contribution < 1.29 is 23.7 Å². The van der Waals surface area contributed by atoms with Gasteiger partial charge >= 0.3 is 0 Å². The maximum Gasteiger partial charge on any atom is 0.225 e. The van der Waals surface area contributed by atoms with Crippen molar-refractivity contribution in [3.05, 3.63) is 18.5 Å². The maximum atomic E-state index is 5.94. The summed E-state index contributed by atoms with van der Waals surface area (Å²) < 4.78 is 27.6. The zero-order chi connectivity index (χ0) is 18.3. The summed E-state index contributed by atoms with van der Waals surface area (Å²) in [5, 5.41) is 0.768. The summed E-state index contributed by atoms with van der Waals surface area (Å²) >= 11 is 0. The van der Waals surface area contributed by atoms with Crippen LogP contribution in [0.15, 0.2) is 18.5 Å². The van der Waals surface area contributed by atoms with Crippen LogP contribution in [-0.4, -0.2) is 56.2 Å². The fourth-order valence-corrected chi connectivity index (χ4v) is 2.11. The van der Waals surface area contributed by atoms with Gasteiger partial charge in [-0.05, 0) is 26.8 Å². The number of benzene rings is 1. The van der Waals surface area contributed by atoms with Gasteiger partial charge in [0, 0.05) is 20.3 Å². The van der Waals surface area contributed by atoms with Crippen LogP contribution in [0.3, 0.4) is 0 Å². The Morgan fingerprint density at radius 3 is 2.00 bits per heavy atom. The molecule has 0 amide bonds. The molecule has 0 atom stereocenters. The van der Waals surface area contributed by atoms with Crippen molar-refractivity contribution in [2.45, 2.75) is 26.4 Å². The molecule has 1 aromatic carbocycles. The van der Waals surface area contributed by atoms with Gasteiger partial charge in [-0.15, -0.1) is 0 Å². The largest absolute Gasteiger partial charge is 0.487 e. The summed E-state index contributed by atoms with van der Waals surface area (Å²) in [7, 11) is 3.26. The summed E-state index contributed by atoms with van der Waals surface area (Å²) in [5.74, 6) is 1.70. The predicted molar refractivity (Wildman–Crippen MR) is 94.7 cm³/mol. The molecule has 0 N–H and O–H groups in total. The summed E-state index contributed by atoms with van der Waals surface area (Å²) in [5.41, 5.74) is 0.354. The van der Waals surface area contributed by atoms with E-state index in [4.69, 9.17) is 23.7 Å². The highest BCUT2D eigenvalue weighted by atomic mass is 16.5. The molecule has 25 heavy (non-hydrogen) atoms. The van der Waals surface area contributed by atoms with Crippen LogP contribution >= 0.6 is 0 Å². The smallest absolute Gasteiger partial charge is 0.225 e. The summed E-state index contributed by atoms with van der Waals surface area (Å²) in [4.78, 5) is 8.58. The normalized spacial score (nSPS) is 11.6. The zero-order valence-electron chi connectivity index (χ0n) is 15.5. The van der Waals surface area contributed by atoms with Gasteiger partial charge in [0.05, 0.1) is 24.1 Å². The van der Waals surface area contributed by atoms with E-state index in [1.807, 2.05) is 32.9 Å². The Labute approximate surface area is 148 Å². The third-order valence-corrected chi connectivity index (χ3v) is 3.16. The van der Waals surface area contributed by atoms with Gasteiger partial charge < -0.3 is 23.7 Å². The van der Waals surface area contributed by atoms with Crippen molar-refractivity contribution in [3.8, 4) is 17.4 Å². The average molecular weight is 350 g/mol. The molecule has 1 heterocycles. The van der Waals surface area contributed by atoms with E-state index in [0.717, 1.165) is 10.9 Å². The molecular weight excluding hydrogens is 324 g/mol. The summed E-state index contributed by atoms with van der Waals surface area (Å²) in [6.45, 7) is 7.70. The molecule has 0 fully saturated rings. The van der Waals surface area contributed by atoms with Crippen molar-refractivity contribution in [2.24, 2.45) is 0 Å². The number of ether oxygens (including phenoxy) is 5. The number of aromatic nitrogens is 2. The van der Waals surface area contributed by atoms with Gasteiger partial charge in [0.1, 0.15) is 25.1 Å². The van der Waals surface area contributed by atoms with Crippen molar-refractivity contribution in [2.75, 3.05) is 40.6 Å². The van der Waals surface area contributed by atoms with Crippen LogP contribution in [0.1, 0.15) is 20.8 Å². The Bertz CT molecular complexity index is 685. The molecule has 0 unspecified atom stereocenters. The van der Waals surface area contributed by atoms with Crippen molar-refractivity contribution >= 4 is 10.9 Å². The number of methoxy groups -OCH3 is 2. The van der Waals surface area contributed by atoms with Crippen LogP contribution in [0.4, 0.5) is 0 Å². The highest BCUT2D eigenvalue weighted by molar-refractivity contribution is 5.86. The van der Waals surface area contributed by atoms with E-state index in [-0.39, 0.29) is 5.60 Å². The van der Waals surface area contributed by atoms with Gasteiger partial charge in [-0.1, -0.05) is 0 Å². The van der Waals surface area contributed by atoms with Crippen molar-refractivity contribution in [3.63, 3.8) is 0 Å². The topological polar surface area (TPSA) is 71.9 Å². The molecule has 0 spiro atoms. The highest BCUT2D eigenvalue weighted by Crippen LogP contribution is 2.35. The van der Waals surface area contributed by atoms with Crippen LogP contribution in [0.2, 0.25) is 0 Å². The first-order valence-electron chi connectivity index (χ1n) is 8.16. The molecule has 0 saturated heterocycles. The molecule has 2 aromatic rings. The Morgan fingerprint density at radius 2 is 1.44 bits per heavy atom. The van der Waals surface area contributed by atoms with E-state index in [9.17, 15) is 0 Å². The van der Waals surface area contributed by atoms with Gasteiger partial charge in [0.15, 0.2) is 11.5 Å².